The lowest BCUT2D eigenvalue weighted by molar-refractivity contribution is -0.138. The van der Waals surface area contributed by atoms with E-state index in [1.54, 1.807) is 0 Å². The van der Waals surface area contributed by atoms with Crippen LogP contribution in [0.15, 0.2) is 24.3 Å². The first-order chi connectivity index (χ1) is 7.18. The van der Waals surface area contributed by atoms with Crippen LogP contribution in [0.4, 0.5) is 0 Å². The molecule has 4 nitrogen and oxygen atoms in total. The van der Waals surface area contributed by atoms with Gasteiger partial charge in [0.2, 0.25) is 0 Å². The average molecular weight is 203 g/mol. The van der Waals surface area contributed by atoms with Crippen LogP contribution in [0.2, 0.25) is 0 Å². The van der Waals surface area contributed by atoms with Crippen LogP contribution in [0, 0.1) is 6.20 Å². The molecule has 0 bridgehead atoms. The van der Waals surface area contributed by atoms with Crippen LogP contribution >= 0.6 is 0 Å². The molecule has 1 aromatic carbocycles. The number of aliphatic carboxylic acids is 1. The molecule has 15 heavy (non-hydrogen) atoms. The molecule has 4 heteroatoms. The van der Waals surface area contributed by atoms with Crippen LogP contribution in [-0.4, -0.2) is 22.1 Å². The van der Waals surface area contributed by atoms with E-state index in [0.29, 0.717) is 6.42 Å². The lowest BCUT2D eigenvalue weighted by Crippen LogP contribution is -2.32. The Balaban J connectivity index is 2.32. The maximum atomic E-state index is 10.6. The molecule has 4 N–H and O–H groups in total. The van der Waals surface area contributed by atoms with E-state index in [4.69, 9.17) is 10.8 Å². The first kappa shape index (κ1) is 9.73. The van der Waals surface area contributed by atoms with Crippen molar-refractivity contribution in [2.45, 2.75) is 12.5 Å². The molecule has 0 aliphatic heterocycles. The van der Waals surface area contributed by atoms with Gasteiger partial charge in [-0.2, -0.15) is 0 Å². The number of H-pyrrole nitrogens is 1. The number of nitrogens with two attached hydrogens (primary N) is 1. The zero-order chi connectivity index (χ0) is 10.8. The van der Waals surface area contributed by atoms with Gasteiger partial charge in [0, 0.05) is 17.3 Å². The minimum Gasteiger partial charge on any atom is -0.480 e. The molecule has 1 radical (unpaired) electrons. The summed E-state index contributed by atoms with van der Waals surface area (Å²) in [5.74, 6) is -0.992. The Labute approximate surface area is 86.7 Å². The second-order valence-electron chi connectivity index (χ2n) is 3.42. The van der Waals surface area contributed by atoms with Crippen LogP contribution in [0.5, 0.6) is 0 Å². The van der Waals surface area contributed by atoms with Crippen LogP contribution in [0.25, 0.3) is 10.9 Å². The van der Waals surface area contributed by atoms with Gasteiger partial charge in [-0.3, -0.25) is 4.79 Å². The molecule has 0 aliphatic carbocycles. The molecule has 1 unspecified atom stereocenters. The molecule has 0 spiro atoms. The van der Waals surface area contributed by atoms with Crippen LogP contribution < -0.4 is 5.73 Å². The van der Waals surface area contributed by atoms with E-state index in [1.165, 1.54) is 0 Å². The molecule has 0 aliphatic rings. The Morgan fingerprint density at radius 3 is 3.00 bits per heavy atom. The highest BCUT2D eigenvalue weighted by atomic mass is 16.4. The van der Waals surface area contributed by atoms with E-state index in [-0.39, 0.29) is 0 Å². The average Bonchev–Trinajstić information content (AvgIpc) is 2.62. The first-order valence-electron chi connectivity index (χ1n) is 4.64. The lowest BCUT2D eigenvalue weighted by Gasteiger charge is -2.04. The zero-order valence-electron chi connectivity index (χ0n) is 8.03. The molecular formula is C11H11N2O2. The SMILES string of the molecule is NC(Cc1[c][nH]c2ccccc12)C(=O)O. The van der Waals surface area contributed by atoms with Gasteiger partial charge < -0.3 is 15.8 Å². The minimum atomic E-state index is -0.992. The Bertz CT molecular complexity index is 490. The summed E-state index contributed by atoms with van der Waals surface area (Å²) in [6.45, 7) is 0. The normalized spacial score (nSPS) is 12.9. The van der Waals surface area contributed by atoms with Gasteiger partial charge in [-0.15, -0.1) is 0 Å². The monoisotopic (exact) mass is 203 g/mol. The number of nitrogens with one attached hydrogen (secondary N) is 1. The van der Waals surface area contributed by atoms with Gasteiger partial charge >= 0.3 is 5.97 Å². The van der Waals surface area contributed by atoms with Crippen molar-refractivity contribution in [3.8, 4) is 0 Å². The van der Waals surface area contributed by atoms with Gasteiger partial charge in [-0.1, -0.05) is 18.2 Å². The third-order valence-corrected chi connectivity index (χ3v) is 2.34. The van der Waals surface area contributed by atoms with E-state index in [2.05, 4.69) is 11.2 Å². The second kappa shape index (κ2) is 3.74. The van der Waals surface area contributed by atoms with Gasteiger partial charge in [0.05, 0.1) is 6.20 Å². The zero-order valence-corrected chi connectivity index (χ0v) is 8.03. The first-order valence-corrected chi connectivity index (χ1v) is 4.64. The van der Waals surface area contributed by atoms with Crippen molar-refractivity contribution in [3.63, 3.8) is 0 Å². The Morgan fingerprint density at radius 1 is 1.53 bits per heavy atom. The topological polar surface area (TPSA) is 79.1 Å². The summed E-state index contributed by atoms with van der Waals surface area (Å²) in [6, 6.07) is 6.78. The largest absolute Gasteiger partial charge is 0.480 e. The molecule has 0 amide bonds. The number of carboxylic acids is 1. The van der Waals surface area contributed by atoms with Crippen LogP contribution in [0.1, 0.15) is 5.56 Å². The second-order valence-corrected chi connectivity index (χ2v) is 3.42. The highest BCUT2D eigenvalue weighted by molar-refractivity contribution is 5.84. The number of carboxylic acid groups (broad SMARTS) is 1. The summed E-state index contributed by atoms with van der Waals surface area (Å²) in [5.41, 5.74) is 7.23. The molecule has 0 fully saturated rings. The number of para-hydroxylation sites is 1. The Kier molecular flexibility index (Phi) is 2.43. The van der Waals surface area contributed by atoms with Gasteiger partial charge in [-0.05, 0) is 11.6 Å². The number of carbonyl (C=O) groups is 1. The number of aromatic nitrogens is 1. The standard InChI is InChI=1S/C11H11N2O2/c12-9(11(14)15)5-7-6-13-10-4-2-1-3-8(7)10/h1-4,9,13H,5,12H2,(H,14,15). The predicted molar refractivity (Wildman–Crippen MR) is 56.4 cm³/mol. The molecule has 1 atom stereocenters. The summed E-state index contributed by atoms with van der Waals surface area (Å²) in [4.78, 5) is 13.6. The molecule has 2 aromatic rings. The van der Waals surface area contributed by atoms with Crippen molar-refractivity contribution in [2.24, 2.45) is 5.73 Å². The van der Waals surface area contributed by atoms with Crippen molar-refractivity contribution in [1.82, 2.24) is 4.98 Å². The molecule has 1 heterocycles. The summed E-state index contributed by atoms with van der Waals surface area (Å²) in [7, 11) is 0. The summed E-state index contributed by atoms with van der Waals surface area (Å²) in [5, 5.41) is 9.68. The van der Waals surface area contributed by atoms with Crippen molar-refractivity contribution >= 4 is 16.9 Å². The van der Waals surface area contributed by atoms with E-state index in [9.17, 15) is 4.79 Å². The maximum Gasteiger partial charge on any atom is 0.320 e. The molecule has 1 aromatic heterocycles. The van der Waals surface area contributed by atoms with E-state index >= 15 is 0 Å². The number of hydrogen-bond acceptors (Lipinski definition) is 2. The van der Waals surface area contributed by atoms with Gasteiger partial charge in [0.1, 0.15) is 6.04 Å². The highest BCUT2D eigenvalue weighted by Crippen LogP contribution is 2.18. The summed E-state index contributed by atoms with van der Waals surface area (Å²) < 4.78 is 0. The van der Waals surface area contributed by atoms with E-state index < -0.39 is 12.0 Å². The third-order valence-electron chi connectivity index (χ3n) is 2.34. The molecule has 0 saturated heterocycles. The third kappa shape index (κ3) is 1.85. The van der Waals surface area contributed by atoms with Crippen molar-refractivity contribution in [2.75, 3.05) is 0 Å². The molecule has 2 rings (SSSR count). The van der Waals surface area contributed by atoms with Crippen LogP contribution in [-0.2, 0) is 11.2 Å². The quantitative estimate of drug-likeness (QED) is 0.694. The molecular weight excluding hydrogens is 192 g/mol. The van der Waals surface area contributed by atoms with Gasteiger partial charge in [0.25, 0.3) is 0 Å². The maximum absolute atomic E-state index is 10.6. The fraction of sp³-hybridized carbons (Fsp3) is 0.182. The fourth-order valence-electron chi connectivity index (χ4n) is 1.53. The minimum absolute atomic E-state index is 0.291. The summed E-state index contributed by atoms with van der Waals surface area (Å²) >= 11 is 0. The number of hydrogen-bond donors (Lipinski definition) is 3. The Hall–Kier alpha value is -1.81. The van der Waals surface area contributed by atoms with E-state index in [1.807, 2.05) is 24.3 Å². The number of benzene rings is 1. The predicted octanol–water partition coefficient (Wildman–Crippen LogP) is 0.922. The van der Waals surface area contributed by atoms with E-state index in [0.717, 1.165) is 16.5 Å². The molecule has 77 valence electrons. The lowest BCUT2D eigenvalue weighted by atomic mass is 10.1. The fourth-order valence-corrected chi connectivity index (χ4v) is 1.53. The Morgan fingerprint density at radius 2 is 2.27 bits per heavy atom. The van der Waals surface area contributed by atoms with Gasteiger partial charge in [-0.25, -0.2) is 0 Å². The summed E-state index contributed by atoms with van der Waals surface area (Å²) in [6.07, 6.45) is 3.22. The molecule has 0 saturated carbocycles. The number of rotatable bonds is 3. The number of fused-ring (bicyclic) bond motifs is 1. The van der Waals surface area contributed by atoms with Crippen molar-refractivity contribution < 1.29 is 9.90 Å². The van der Waals surface area contributed by atoms with Crippen molar-refractivity contribution in [3.05, 3.63) is 36.0 Å². The van der Waals surface area contributed by atoms with Gasteiger partial charge in [0.15, 0.2) is 0 Å². The number of aromatic amines is 1. The van der Waals surface area contributed by atoms with Crippen LogP contribution in [0.3, 0.4) is 0 Å². The highest BCUT2D eigenvalue weighted by Gasteiger charge is 2.14. The smallest absolute Gasteiger partial charge is 0.320 e. The van der Waals surface area contributed by atoms with Crippen molar-refractivity contribution in [1.29, 1.82) is 0 Å².